The molecule has 1 unspecified atom stereocenters. The normalized spacial score (nSPS) is 17.5. The fourth-order valence-corrected chi connectivity index (χ4v) is 3.30. The summed E-state index contributed by atoms with van der Waals surface area (Å²) < 4.78 is 9.78. The molecule has 0 radical (unpaired) electrons. The van der Waals surface area contributed by atoms with Crippen molar-refractivity contribution in [3.05, 3.63) is 56.9 Å². The summed E-state index contributed by atoms with van der Waals surface area (Å²) in [4.78, 5) is 26.4. The van der Waals surface area contributed by atoms with E-state index in [9.17, 15) is 9.59 Å². The van der Waals surface area contributed by atoms with Gasteiger partial charge in [-0.05, 0) is 19.1 Å². The number of carbonyl (C=O) groups excluding carboxylic acids is 2. The maximum Gasteiger partial charge on any atom is 0.336 e. The zero-order chi connectivity index (χ0) is 18.0. The van der Waals surface area contributed by atoms with E-state index in [-0.39, 0.29) is 11.1 Å². The molecule has 128 valence electrons. The van der Waals surface area contributed by atoms with Crippen LogP contribution in [0.15, 0.2) is 41.2 Å². The minimum atomic E-state index is -0.776. The third kappa shape index (κ3) is 3.14. The van der Waals surface area contributed by atoms with E-state index < -0.39 is 17.9 Å². The van der Waals surface area contributed by atoms with Gasteiger partial charge >= 0.3 is 11.9 Å². The molecule has 1 atom stereocenters. The summed E-state index contributed by atoms with van der Waals surface area (Å²) in [6.07, 6.45) is 1.61. The number of allylic oxidation sites excluding steroid dienone is 1. The van der Waals surface area contributed by atoms with Crippen molar-refractivity contribution in [1.29, 1.82) is 0 Å². The molecule has 0 saturated carbocycles. The standard InChI is InChI=1S/C17H17Cl2NO4/c1-9-13(17(22)24-4)14(10(8-20(9)2)16(21)23-3)15-11(18)6-5-7-12(15)19/h5-8,14H,1-4H3. The number of halogens is 2. The van der Waals surface area contributed by atoms with Crippen LogP contribution in [0.4, 0.5) is 0 Å². The highest BCUT2D eigenvalue weighted by atomic mass is 35.5. The lowest BCUT2D eigenvalue weighted by Crippen LogP contribution is -2.30. The van der Waals surface area contributed by atoms with E-state index in [2.05, 4.69) is 0 Å². The Morgan fingerprint density at radius 2 is 1.62 bits per heavy atom. The molecule has 0 bridgehead atoms. The van der Waals surface area contributed by atoms with Gasteiger partial charge in [0.05, 0.1) is 31.3 Å². The predicted octanol–water partition coefficient (Wildman–Crippen LogP) is 3.53. The molecule has 1 aromatic rings. The zero-order valence-corrected chi connectivity index (χ0v) is 15.2. The van der Waals surface area contributed by atoms with Gasteiger partial charge in [0, 0.05) is 34.6 Å². The van der Waals surface area contributed by atoms with E-state index in [0.29, 0.717) is 21.3 Å². The lowest BCUT2D eigenvalue weighted by molar-refractivity contribution is -0.137. The first kappa shape index (κ1) is 18.4. The molecule has 2 rings (SSSR count). The highest BCUT2D eigenvalue weighted by Crippen LogP contribution is 2.44. The van der Waals surface area contributed by atoms with Crippen molar-refractivity contribution in [1.82, 2.24) is 4.90 Å². The molecule has 0 aromatic heterocycles. The third-order valence-electron chi connectivity index (χ3n) is 3.97. The van der Waals surface area contributed by atoms with Crippen LogP contribution in [-0.2, 0) is 19.1 Å². The van der Waals surface area contributed by atoms with Crippen molar-refractivity contribution in [2.45, 2.75) is 12.8 Å². The Morgan fingerprint density at radius 1 is 1.08 bits per heavy atom. The third-order valence-corrected chi connectivity index (χ3v) is 4.63. The van der Waals surface area contributed by atoms with Crippen molar-refractivity contribution in [2.24, 2.45) is 0 Å². The number of ether oxygens (including phenoxy) is 2. The number of carbonyl (C=O) groups is 2. The second-order valence-corrected chi connectivity index (χ2v) is 6.06. The Kier molecular flexibility index (Phi) is 5.57. The van der Waals surface area contributed by atoms with Crippen LogP contribution >= 0.6 is 23.2 Å². The molecule has 0 aliphatic carbocycles. The van der Waals surface area contributed by atoms with Gasteiger partial charge in [0.1, 0.15) is 0 Å². The van der Waals surface area contributed by atoms with Gasteiger partial charge in [0.2, 0.25) is 0 Å². The van der Waals surface area contributed by atoms with E-state index in [0.717, 1.165) is 0 Å². The van der Waals surface area contributed by atoms with Crippen molar-refractivity contribution in [3.8, 4) is 0 Å². The van der Waals surface area contributed by atoms with E-state index in [1.165, 1.54) is 14.2 Å². The van der Waals surface area contributed by atoms with Gasteiger partial charge in [-0.2, -0.15) is 0 Å². The molecule has 0 spiro atoms. The molecule has 1 aliphatic heterocycles. The maximum atomic E-state index is 12.4. The minimum Gasteiger partial charge on any atom is -0.466 e. The highest BCUT2D eigenvalue weighted by molar-refractivity contribution is 6.36. The van der Waals surface area contributed by atoms with Crippen LogP contribution in [0.25, 0.3) is 0 Å². The average Bonchev–Trinajstić information content (AvgIpc) is 2.56. The van der Waals surface area contributed by atoms with Gasteiger partial charge in [-0.15, -0.1) is 0 Å². The largest absolute Gasteiger partial charge is 0.466 e. The monoisotopic (exact) mass is 369 g/mol. The first-order chi connectivity index (χ1) is 11.3. The van der Waals surface area contributed by atoms with Crippen molar-refractivity contribution in [2.75, 3.05) is 21.3 Å². The number of rotatable bonds is 3. The Balaban J connectivity index is 2.78. The van der Waals surface area contributed by atoms with Crippen LogP contribution in [0.1, 0.15) is 18.4 Å². The molecule has 7 heteroatoms. The summed E-state index contributed by atoms with van der Waals surface area (Å²) in [5.74, 6) is -1.91. The van der Waals surface area contributed by atoms with Gasteiger partial charge in [-0.1, -0.05) is 29.3 Å². The van der Waals surface area contributed by atoms with E-state index in [4.69, 9.17) is 32.7 Å². The molecule has 0 amide bonds. The molecule has 24 heavy (non-hydrogen) atoms. The molecule has 0 saturated heterocycles. The number of nitrogens with zero attached hydrogens (tertiary/aromatic N) is 1. The van der Waals surface area contributed by atoms with E-state index in [1.54, 1.807) is 43.3 Å². The molecule has 1 heterocycles. The number of hydrogen-bond donors (Lipinski definition) is 0. The molecule has 1 aromatic carbocycles. The lowest BCUT2D eigenvalue weighted by Gasteiger charge is -2.32. The summed E-state index contributed by atoms with van der Waals surface area (Å²) in [5, 5.41) is 0.696. The van der Waals surface area contributed by atoms with Gasteiger partial charge < -0.3 is 14.4 Å². The summed E-state index contributed by atoms with van der Waals surface area (Å²) in [7, 11) is 4.28. The first-order valence-corrected chi connectivity index (χ1v) is 7.84. The number of hydrogen-bond acceptors (Lipinski definition) is 5. The second-order valence-electron chi connectivity index (χ2n) is 5.25. The van der Waals surface area contributed by atoms with Crippen LogP contribution in [0.2, 0.25) is 10.0 Å². The first-order valence-electron chi connectivity index (χ1n) is 7.09. The lowest BCUT2D eigenvalue weighted by atomic mass is 9.81. The molecule has 0 N–H and O–H groups in total. The van der Waals surface area contributed by atoms with Crippen LogP contribution in [0.5, 0.6) is 0 Å². The average molecular weight is 370 g/mol. The summed E-state index contributed by atoms with van der Waals surface area (Å²) in [6.45, 7) is 1.76. The van der Waals surface area contributed by atoms with E-state index >= 15 is 0 Å². The van der Waals surface area contributed by atoms with Crippen LogP contribution in [0.3, 0.4) is 0 Å². The topological polar surface area (TPSA) is 55.8 Å². The van der Waals surface area contributed by atoms with Gasteiger partial charge in [0.15, 0.2) is 0 Å². The minimum absolute atomic E-state index is 0.251. The van der Waals surface area contributed by atoms with Gasteiger partial charge in [-0.3, -0.25) is 0 Å². The quantitative estimate of drug-likeness (QED) is 0.762. The van der Waals surface area contributed by atoms with Crippen molar-refractivity contribution in [3.63, 3.8) is 0 Å². The highest BCUT2D eigenvalue weighted by Gasteiger charge is 2.38. The Hall–Kier alpha value is -1.98. The SMILES string of the molecule is COC(=O)C1=CN(C)C(C)=C(C(=O)OC)C1c1c(Cl)cccc1Cl. The number of esters is 2. The van der Waals surface area contributed by atoms with Crippen molar-refractivity contribution >= 4 is 35.1 Å². The molecular weight excluding hydrogens is 353 g/mol. The molecule has 5 nitrogen and oxygen atoms in total. The molecular formula is C17H17Cl2NO4. The Labute approximate surface area is 150 Å². The second kappa shape index (κ2) is 7.28. The summed E-state index contributed by atoms with van der Waals surface area (Å²) >= 11 is 12.6. The Bertz CT molecular complexity index is 735. The summed E-state index contributed by atoms with van der Waals surface area (Å²) in [5.41, 5.74) is 1.64. The Morgan fingerprint density at radius 3 is 2.12 bits per heavy atom. The van der Waals surface area contributed by atoms with E-state index in [1.807, 2.05) is 0 Å². The fraction of sp³-hybridized carbons (Fsp3) is 0.294. The predicted molar refractivity (Wildman–Crippen MR) is 91.8 cm³/mol. The molecule has 1 aliphatic rings. The number of methoxy groups -OCH3 is 2. The van der Waals surface area contributed by atoms with Crippen LogP contribution in [-0.4, -0.2) is 38.1 Å². The summed E-state index contributed by atoms with van der Waals surface area (Å²) in [6, 6.07) is 5.00. The molecule has 0 fully saturated rings. The van der Waals surface area contributed by atoms with Crippen LogP contribution in [0, 0.1) is 0 Å². The smallest absolute Gasteiger partial charge is 0.336 e. The maximum absolute atomic E-state index is 12.4. The number of benzene rings is 1. The van der Waals surface area contributed by atoms with Crippen molar-refractivity contribution < 1.29 is 19.1 Å². The zero-order valence-electron chi connectivity index (χ0n) is 13.7. The van der Waals surface area contributed by atoms with Crippen LogP contribution < -0.4 is 0 Å². The fourth-order valence-electron chi connectivity index (χ4n) is 2.68. The van der Waals surface area contributed by atoms with Gasteiger partial charge in [0.25, 0.3) is 0 Å². The van der Waals surface area contributed by atoms with Gasteiger partial charge in [-0.25, -0.2) is 9.59 Å².